The summed E-state index contributed by atoms with van der Waals surface area (Å²) in [6.07, 6.45) is -1.91. The molecule has 8 nitrogen and oxygen atoms in total. The van der Waals surface area contributed by atoms with Crippen LogP contribution in [0.4, 0.5) is 23.4 Å². The van der Waals surface area contributed by atoms with Crippen molar-refractivity contribution in [3.8, 4) is 0 Å². The number of hydrogen-bond donors (Lipinski definition) is 3. The summed E-state index contributed by atoms with van der Waals surface area (Å²) in [7, 11) is -3.99. The van der Waals surface area contributed by atoms with E-state index in [4.69, 9.17) is 5.14 Å². The summed E-state index contributed by atoms with van der Waals surface area (Å²) >= 11 is 0. The first-order valence-corrected chi connectivity index (χ1v) is 12.6. The van der Waals surface area contributed by atoms with Crippen LogP contribution in [0.25, 0.3) is 0 Å². The third kappa shape index (κ3) is 7.36. The van der Waals surface area contributed by atoms with Crippen LogP contribution in [0.1, 0.15) is 54.5 Å². The lowest BCUT2D eigenvalue weighted by atomic mass is 9.98. The van der Waals surface area contributed by atoms with Crippen LogP contribution in [-0.4, -0.2) is 32.4 Å². The van der Waals surface area contributed by atoms with Gasteiger partial charge in [0.25, 0.3) is 10.2 Å². The number of nitrogens with two attached hydrogens (primary N) is 1. The van der Waals surface area contributed by atoms with Crippen molar-refractivity contribution in [2.75, 3.05) is 18.0 Å². The van der Waals surface area contributed by atoms with E-state index >= 15 is 0 Å². The molecule has 1 atom stereocenters. The summed E-state index contributed by atoms with van der Waals surface area (Å²) in [5, 5.41) is 7.54. The first-order chi connectivity index (χ1) is 16.3. The van der Waals surface area contributed by atoms with E-state index in [0.29, 0.717) is 24.2 Å². The minimum absolute atomic E-state index is 0.0427. The van der Waals surface area contributed by atoms with Gasteiger partial charge in [0.15, 0.2) is 0 Å². The van der Waals surface area contributed by atoms with E-state index in [1.54, 1.807) is 11.8 Å². The normalized spacial score (nSPS) is 15.7. The van der Waals surface area contributed by atoms with Crippen LogP contribution in [0, 0.1) is 5.82 Å². The highest BCUT2D eigenvalue weighted by Crippen LogP contribution is 2.31. The molecule has 13 heteroatoms. The fourth-order valence-electron chi connectivity index (χ4n) is 3.79. The van der Waals surface area contributed by atoms with Gasteiger partial charge in [0.2, 0.25) is 5.91 Å². The van der Waals surface area contributed by atoms with E-state index in [9.17, 15) is 30.8 Å². The Bertz CT molecular complexity index is 1170. The average molecular weight is 518 g/mol. The van der Waals surface area contributed by atoms with Gasteiger partial charge in [-0.2, -0.15) is 26.3 Å². The van der Waals surface area contributed by atoms with Crippen LogP contribution in [-0.2, 0) is 34.3 Å². The standard InChI is InChI=1S/C22H27F4N5O3S/c1-14(15-5-6-16(18(23)11-15)13-29-35(27,33)34)21(32)28-12-17-7-8-19(22(24,25)26)30-20(17)31-9-3-2-4-10-31/h5-8,11,14,29H,2-4,9-10,12-13H2,1H3,(H,28,32)(H2,27,33,34)/t14-/m0/s1. The fourth-order valence-corrected chi connectivity index (χ4v) is 4.15. The second-order valence-corrected chi connectivity index (χ2v) is 9.76. The molecule has 0 spiro atoms. The highest BCUT2D eigenvalue weighted by molar-refractivity contribution is 7.87. The Labute approximate surface area is 201 Å². The Kier molecular flexibility index (Phi) is 8.34. The SMILES string of the molecule is C[C@H](C(=O)NCc1ccc(C(F)(F)F)nc1N1CCCCC1)c1ccc(CNS(N)(=O)=O)c(F)c1. The number of carbonyl (C=O) groups is 1. The lowest BCUT2D eigenvalue weighted by Crippen LogP contribution is -2.33. The molecule has 2 heterocycles. The highest BCUT2D eigenvalue weighted by atomic mass is 32.2. The molecule has 3 rings (SSSR count). The van der Waals surface area contributed by atoms with E-state index < -0.39 is 39.7 Å². The molecule has 4 N–H and O–H groups in total. The molecular weight excluding hydrogens is 490 g/mol. The Hall–Kier alpha value is -2.77. The van der Waals surface area contributed by atoms with Crippen LogP contribution >= 0.6 is 0 Å². The predicted molar refractivity (Wildman–Crippen MR) is 122 cm³/mol. The molecule has 0 bridgehead atoms. The van der Waals surface area contributed by atoms with Crippen molar-refractivity contribution in [1.82, 2.24) is 15.0 Å². The van der Waals surface area contributed by atoms with Gasteiger partial charge in [0, 0.05) is 37.3 Å². The first kappa shape index (κ1) is 26.8. The number of nitrogens with zero attached hydrogens (tertiary/aromatic N) is 2. The second-order valence-electron chi connectivity index (χ2n) is 8.38. The number of halogens is 4. The number of pyridine rings is 1. The largest absolute Gasteiger partial charge is 0.433 e. The molecule has 1 saturated heterocycles. The number of aromatic nitrogens is 1. The molecular formula is C22H27F4N5O3S. The molecule has 192 valence electrons. The van der Waals surface area contributed by atoms with Gasteiger partial charge in [-0.3, -0.25) is 4.79 Å². The third-order valence-corrected chi connectivity index (χ3v) is 6.34. The van der Waals surface area contributed by atoms with Crippen LogP contribution < -0.4 is 20.1 Å². The number of alkyl halides is 3. The number of amides is 1. The summed E-state index contributed by atoms with van der Waals surface area (Å²) < 4.78 is 78.0. The number of hydrogen-bond acceptors (Lipinski definition) is 5. The van der Waals surface area contributed by atoms with Crippen LogP contribution in [0.5, 0.6) is 0 Å². The maximum absolute atomic E-state index is 14.4. The lowest BCUT2D eigenvalue weighted by Gasteiger charge is -2.30. The number of rotatable bonds is 8. The van der Waals surface area contributed by atoms with Crippen molar-refractivity contribution in [2.45, 2.75) is 51.4 Å². The van der Waals surface area contributed by atoms with Gasteiger partial charge in [-0.1, -0.05) is 18.2 Å². The molecule has 1 aromatic heterocycles. The van der Waals surface area contributed by atoms with E-state index in [2.05, 4.69) is 10.3 Å². The zero-order valence-corrected chi connectivity index (χ0v) is 19.8. The highest BCUT2D eigenvalue weighted by Gasteiger charge is 2.34. The molecule has 1 aliphatic heterocycles. The average Bonchev–Trinajstić information content (AvgIpc) is 2.80. The van der Waals surface area contributed by atoms with Crippen LogP contribution in [0.15, 0.2) is 30.3 Å². The molecule has 0 unspecified atom stereocenters. The summed E-state index contributed by atoms with van der Waals surface area (Å²) in [5.74, 6) is -1.74. The van der Waals surface area contributed by atoms with Crippen molar-refractivity contribution in [3.05, 3.63) is 58.5 Å². The maximum Gasteiger partial charge on any atom is 0.433 e. The lowest BCUT2D eigenvalue weighted by molar-refractivity contribution is -0.141. The number of piperidine rings is 1. The monoisotopic (exact) mass is 517 g/mol. The maximum atomic E-state index is 14.4. The Morgan fingerprint density at radius 1 is 1.11 bits per heavy atom. The first-order valence-electron chi connectivity index (χ1n) is 11.0. The molecule has 35 heavy (non-hydrogen) atoms. The van der Waals surface area contributed by atoms with Gasteiger partial charge in [-0.05, 0) is 43.9 Å². The Balaban J connectivity index is 1.72. The van der Waals surface area contributed by atoms with Gasteiger partial charge >= 0.3 is 6.18 Å². The van der Waals surface area contributed by atoms with Crippen molar-refractivity contribution < 1.29 is 30.8 Å². The number of carbonyl (C=O) groups excluding carboxylic acids is 1. The molecule has 0 radical (unpaired) electrons. The summed E-state index contributed by atoms with van der Waals surface area (Å²) in [6, 6.07) is 6.18. The quantitative estimate of drug-likeness (QED) is 0.466. The topological polar surface area (TPSA) is 117 Å². The molecule has 1 fully saturated rings. The molecule has 1 aliphatic rings. The Morgan fingerprint density at radius 3 is 2.37 bits per heavy atom. The summed E-state index contributed by atoms with van der Waals surface area (Å²) in [6.45, 7) is 2.34. The van der Waals surface area contributed by atoms with E-state index in [-0.39, 0.29) is 24.5 Å². The van der Waals surface area contributed by atoms with Crippen LogP contribution in [0.2, 0.25) is 0 Å². The van der Waals surface area contributed by atoms with E-state index in [0.717, 1.165) is 31.4 Å². The number of nitrogens with one attached hydrogen (secondary N) is 2. The van der Waals surface area contributed by atoms with Crippen molar-refractivity contribution in [3.63, 3.8) is 0 Å². The van der Waals surface area contributed by atoms with Gasteiger partial charge in [-0.25, -0.2) is 14.5 Å². The van der Waals surface area contributed by atoms with Gasteiger partial charge in [0.05, 0.1) is 5.92 Å². The minimum Gasteiger partial charge on any atom is -0.356 e. The minimum atomic E-state index is -4.58. The zero-order chi connectivity index (χ0) is 25.8. The van der Waals surface area contributed by atoms with Crippen LogP contribution in [0.3, 0.4) is 0 Å². The Morgan fingerprint density at radius 2 is 1.77 bits per heavy atom. The third-order valence-electron chi connectivity index (χ3n) is 5.79. The van der Waals surface area contributed by atoms with Crippen molar-refractivity contribution >= 4 is 21.9 Å². The van der Waals surface area contributed by atoms with E-state index in [1.165, 1.54) is 18.2 Å². The number of anilines is 1. The summed E-state index contributed by atoms with van der Waals surface area (Å²) in [4.78, 5) is 18.4. The zero-order valence-electron chi connectivity index (χ0n) is 19.0. The molecule has 0 aliphatic carbocycles. The van der Waals surface area contributed by atoms with Crippen molar-refractivity contribution in [1.29, 1.82) is 0 Å². The molecule has 2 aromatic rings. The molecule has 1 amide bonds. The number of benzene rings is 1. The van der Waals surface area contributed by atoms with Gasteiger partial charge in [-0.15, -0.1) is 0 Å². The fraction of sp³-hybridized carbons (Fsp3) is 0.455. The smallest absolute Gasteiger partial charge is 0.356 e. The van der Waals surface area contributed by atoms with E-state index in [1.807, 2.05) is 4.72 Å². The molecule has 1 aromatic carbocycles. The van der Waals surface area contributed by atoms with Gasteiger partial charge in [0.1, 0.15) is 17.3 Å². The van der Waals surface area contributed by atoms with Gasteiger partial charge < -0.3 is 10.2 Å². The summed E-state index contributed by atoms with van der Waals surface area (Å²) in [5.41, 5.74) is -0.136. The van der Waals surface area contributed by atoms with Crippen molar-refractivity contribution in [2.24, 2.45) is 5.14 Å². The second kappa shape index (κ2) is 10.9. The predicted octanol–water partition coefficient (Wildman–Crippen LogP) is 2.94. The molecule has 0 saturated carbocycles.